The van der Waals surface area contributed by atoms with Gasteiger partial charge >= 0.3 is 0 Å². The molecule has 1 heterocycles. The number of ether oxygens (including phenoxy) is 1. The molecule has 1 saturated heterocycles. The lowest BCUT2D eigenvalue weighted by Gasteiger charge is -2.40. The lowest BCUT2D eigenvalue weighted by atomic mass is 9.96. The fraction of sp³-hybridized carbons (Fsp3) is 0.917. The summed E-state index contributed by atoms with van der Waals surface area (Å²) >= 11 is 0. The maximum Gasteiger partial charge on any atom is 0.261 e. The van der Waals surface area contributed by atoms with E-state index in [9.17, 15) is 13.6 Å². The Morgan fingerprint density at radius 3 is 2.83 bits per heavy atom. The van der Waals surface area contributed by atoms with Gasteiger partial charge in [-0.15, -0.1) is 0 Å². The number of hydrogen-bond donors (Lipinski definition) is 1. The van der Waals surface area contributed by atoms with Crippen molar-refractivity contribution in [3.8, 4) is 0 Å². The number of amides is 1. The van der Waals surface area contributed by atoms with Crippen LogP contribution in [0.15, 0.2) is 0 Å². The molecule has 2 N–H and O–H groups in total. The van der Waals surface area contributed by atoms with Crippen molar-refractivity contribution in [3.63, 3.8) is 0 Å². The van der Waals surface area contributed by atoms with Crippen molar-refractivity contribution >= 4 is 5.91 Å². The predicted octanol–water partition coefficient (Wildman–Crippen LogP) is 1.39. The highest BCUT2D eigenvalue weighted by atomic mass is 19.3. The second-order valence-electron chi connectivity index (χ2n) is 4.69. The highest BCUT2D eigenvalue weighted by Crippen LogP contribution is 2.22. The fourth-order valence-electron chi connectivity index (χ4n) is 2.43. The van der Waals surface area contributed by atoms with E-state index in [4.69, 9.17) is 10.5 Å². The fourth-order valence-corrected chi connectivity index (χ4v) is 2.43. The van der Waals surface area contributed by atoms with Crippen LogP contribution < -0.4 is 5.73 Å². The smallest absolute Gasteiger partial charge is 0.261 e. The third-order valence-electron chi connectivity index (χ3n) is 3.29. The number of nitrogens with zero attached hydrogens (tertiary/aromatic N) is 1. The summed E-state index contributed by atoms with van der Waals surface area (Å²) in [5, 5.41) is 0. The zero-order valence-corrected chi connectivity index (χ0v) is 10.8. The number of likely N-dealkylation sites (tertiary alicyclic amines) is 1. The van der Waals surface area contributed by atoms with E-state index in [1.165, 1.54) is 0 Å². The molecule has 0 bridgehead atoms. The second kappa shape index (κ2) is 7.63. The summed E-state index contributed by atoms with van der Waals surface area (Å²) in [5.74, 6) is -0.0492. The van der Waals surface area contributed by atoms with Crippen molar-refractivity contribution in [1.29, 1.82) is 0 Å². The van der Waals surface area contributed by atoms with Crippen molar-refractivity contribution in [3.05, 3.63) is 0 Å². The summed E-state index contributed by atoms with van der Waals surface area (Å²) in [7, 11) is 0. The molecule has 4 nitrogen and oxygen atoms in total. The van der Waals surface area contributed by atoms with E-state index >= 15 is 0 Å². The topological polar surface area (TPSA) is 55.6 Å². The molecule has 0 saturated carbocycles. The Hall–Kier alpha value is -0.750. The van der Waals surface area contributed by atoms with Crippen LogP contribution in [0.4, 0.5) is 8.78 Å². The maximum atomic E-state index is 12.0. The predicted molar refractivity (Wildman–Crippen MR) is 64.4 cm³/mol. The number of alkyl halides is 2. The Balaban J connectivity index is 2.37. The molecule has 1 aliphatic rings. The van der Waals surface area contributed by atoms with Crippen LogP contribution in [0.25, 0.3) is 0 Å². The molecule has 1 aliphatic heterocycles. The van der Waals surface area contributed by atoms with Crippen LogP contribution >= 0.6 is 0 Å². The molecule has 0 radical (unpaired) electrons. The van der Waals surface area contributed by atoms with Crippen molar-refractivity contribution in [2.75, 3.05) is 19.8 Å². The summed E-state index contributed by atoms with van der Waals surface area (Å²) in [4.78, 5) is 13.8. The number of piperidine rings is 1. The first kappa shape index (κ1) is 15.3. The van der Waals surface area contributed by atoms with Crippen LogP contribution in [0, 0.1) is 0 Å². The number of carbonyl (C=O) groups excluding carboxylic acids is 1. The molecule has 106 valence electrons. The van der Waals surface area contributed by atoms with Gasteiger partial charge in [0, 0.05) is 18.6 Å². The number of halogens is 2. The summed E-state index contributed by atoms with van der Waals surface area (Å²) in [6, 6.07) is 0.256. The Labute approximate surface area is 106 Å². The molecule has 6 heteroatoms. The molecule has 2 unspecified atom stereocenters. The molecule has 1 amide bonds. The molecular formula is C12H22F2N2O2. The summed E-state index contributed by atoms with van der Waals surface area (Å²) in [6.45, 7) is 1.89. The Morgan fingerprint density at radius 2 is 2.22 bits per heavy atom. The van der Waals surface area contributed by atoms with Gasteiger partial charge in [0.05, 0.1) is 13.0 Å². The van der Waals surface area contributed by atoms with Crippen LogP contribution in [0.5, 0.6) is 0 Å². The van der Waals surface area contributed by atoms with Gasteiger partial charge in [-0.2, -0.15) is 0 Å². The van der Waals surface area contributed by atoms with Crippen molar-refractivity contribution in [1.82, 2.24) is 4.90 Å². The van der Waals surface area contributed by atoms with Gasteiger partial charge in [-0.05, 0) is 26.2 Å². The minimum Gasteiger partial charge on any atom is -0.375 e. The van der Waals surface area contributed by atoms with E-state index < -0.39 is 13.0 Å². The average Bonchev–Trinajstić information content (AvgIpc) is 2.33. The van der Waals surface area contributed by atoms with Crippen molar-refractivity contribution in [2.24, 2.45) is 5.73 Å². The highest BCUT2D eigenvalue weighted by Gasteiger charge is 2.30. The first-order valence-electron chi connectivity index (χ1n) is 6.43. The molecule has 0 aliphatic carbocycles. The quantitative estimate of drug-likeness (QED) is 0.737. The molecule has 0 aromatic heterocycles. The SMILES string of the molecule is CC1CCCC(CN)N1C(=O)CCOCC(F)F. The molecule has 2 atom stereocenters. The van der Waals surface area contributed by atoms with Gasteiger partial charge in [0.15, 0.2) is 0 Å². The van der Waals surface area contributed by atoms with E-state index in [0.29, 0.717) is 6.54 Å². The van der Waals surface area contributed by atoms with E-state index in [1.54, 1.807) is 4.90 Å². The average molecular weight is 264 g/mol. The third kappa shape index (κ3) is 4.49. The van der Waals surface area contributed by atoms with Crippen LogP contribution in [0.2, 0.25) is 0 Å². The van der Waals surface area contributed by atoms with E-state index in [0.717, 1.165) is 19.3 Å². The minimum atomic E-state index is -2.48. The van der Waals surface area contributed by atoms with Crippen LogP contribution in [-0.4, -0.2) is 49.1 Å². The summed E-state index contributed by atoms with van der Waals surface area (Å²) < 4.78 is 28.4. The van der Waals surface area contributed by atoms with Gasteiger partial charge in [-0.25, -0.2) is 8.78 Å². The maximum absolute atomic E-state index is 12.0. The first-order valence-corrected chi connectivity index (χ1v) is 6.43. The Morgan fingerprint density at radius 1 is 1.50 bits per heavy atom. The summed E-state index contributed by atoms with van der Waals surface area (Å²) in [6.07, 6.45) is 0.637. The van der Waals surface area contributed by atoms with Gasteiger partial charge in [0.25, 0.3) is 6.43 Å². The first-order chi connectivity index (χ1) is 8.56. The van der Waals surface area contributed by atoms with Crippen LogP contribution in [-0.2, 0) is 9.53 Å². The van der Waals surface area contributed by atoms with E-state index in [2.05, 4.69) is 0 Å². The standard InChI is InChI=1S/C12H22F2N2O2/c1-9-3-2-4-10(7-15)16(9)12(17)5-6-18-8-11(13)14/h9-11H,2-8,15H2,1H3. The molecule has 0 aromatic carbocycles. The molecule has 18 heavy (non-hydrogen) atoms. The van der Waals surface area contributed by atoms with Gasteiger partial charge in [0.1, 0.15) is 6.61 Å². The number of rotatable bonds is 6. The molecule has 1 fully saturated rings. The number of carbonyl (C=O) groups is 1. The Kier molecular flexibility index (Phi) is 6.49. The van der Waals surface area contributed by atoms with Crippen LogP contribution in [0.3, 0.4) is 0 Å². The zero-order valence-electron chi connectivity index (χ0n) is 10.8. The molecule has 0 aromatic rings. The molecule has 1 rings (SSSR count). The van der Waals surface area contributed by atoms with Gasteiger partial charge in [0.2, 0.25) is 5.91 Å². The lowest BCUT2D eigenvalue weighted by Crippen LogP contribution is -2.52. The lowest BCUT2D eigenvalue weighted by molar-refractivity contribution is -0.139. The largest absolute Gasteiger partial charge is 0.375 e. The summed E-state index contributed by atoms with van der Waals surface area (Å²) in [5.41, 5.74) is 5.66. The number of nitrogens with two attached hydrogens (primary N) is 1. The van der Waals surface area contributed by atoms with Crippen LogP contribution in [0.1, 0.15) is 32.6 Å². The van der Waals surface area contributed by atoms with Gasteiger partial charge < -0.3 is 15.4 Å². The third-order valence-corrected chi connectivity index (χ3v) is 3.29. The van der Waals surface area contributed by atoms with Gasteiger partial charge in [-0.1, -0.05) is 0 Å². The van der Waals surface area contributed by atoms with Crippen molar-refractivity contribution in [2.45, 2.75) is 51.1 Å². The highest BCUT2D eigenvalue weighted by molar-refractivity contribution is 5.77. The number of hydrogen-bond acceptors (Lipinski definition) is 3. The molecule has 0 spiro atoms. The Bertz CT molecular complexity index is 264. The normalized spacial score (nSPS) is 24.6. The minimum absolute atomic E-state index is 0.0453. The monoisotopic (exact) mass is 264 g/mol. The van der Waals surface area contributed by atoms with Gasteiger partial charge in [-0.3, -0.25) is 4.79 Å². The van der Waals surface area contributed by atoms with E-state index in [1.807, 2.05) is 6.92 Å². The van der Waals surface area contributed by atoms with E-state index in [-0.39, 0.29) is 31.0 Å². The van der Waals surface area contributed by atoms with Crippen molar-refractivity contribution < 1.29 is 18.3 Å². The second-order valence-corrected chi connectivity index (χ2v) is 4.69. The molecular weight excluding hydrogens is 242 g/mol. The zero-order chi connectivity index (χ0) is 13.5.